The third-order valence-electron chi connectivity index (χ3n) is 3.29. The van der Waals surface area contributed by atoms with Gasteiger partial charge in [0.15, 0.2) is 5.69 Å². The smallest absolute Gasteiger partial charge is 0.358 e. The maximum absolute atomic E-state index is 11.5. The zero-order valence-electron chi connectivity index (χ0n) is 12.4. The Morgan fingerprint density at radius 3 is 2.67 bits per heavy atom. The number of methoxy groups -OCH3 is 1. The number of rotatable bonds is 6. The van der Waals surface area contributed by atoms with Gasteiger partial charge in [-0.2, -0.15) is 0 Å². The summed E-state index contributed by atoms with van der Waals surface area (Å²) in [5, 5.41) is 18.1. The normalized spacial score (nSPS) is 11.0. The fourth-order valence-corrected chi connectivity index (χ4v) is 2.29. The molecule has 0 amide bonds. The van der Waals surface area contributed by atoms with Crippen molar-refractivity contribution in [1.29, 1.82) is 0 Å². The molecule has 21 heavy (non-hydrogen) atoms. The second kappa shape index (κ2) is 6.49. The molecule has 0 spiro atoms. The molecule has 2 aromatic rings. The monoisotopic (exact) mass is 289 g/mol. The van der Waals surface area contributed by atoms with Crippen LogP contribution in [0.2, 0.25) is 0 Å². The Kier molecular flexibility index (Phi) is 4.70. The van der Waals surface area contributed by atoms with E-state index in [1.807, 2.05) is 43.0 Å². The van der Waals surface area contributed by atoms with Crippen LogP contribution in [-0.2, 0) is 4.74 Å². The Hall–Kier alpha value is -2.21. The van der Waals surface area contributed by atoms with Crippen molar-refractivity contribution in [3.05, 3.63) is 30.0 Å². The number of carboxylic acids is 1. The van der Waals surface area contributed by atoms with E-state index in [4.69, 9.17) is 4.74 Å². The van der Waals surface area contributed by atoms with E-state index >= 15 is 0 Å². The van der Waals surface area contributed by atoms with Crippen molar-refractivity contribution in [1.82, 2.24) is 10.2 Å². The van der Waals surface area contributed by atoms with Crippen molar-refractivity contribution in [3.63, 3.8) is 0 Å². The van der Waals surface area contributed by atoms with Crippen molar-refractivity contribution >= 4 is 22.6 Å². The molecule has 0 saturated carbocycles. The van der Waals surface area contributed by atoms with Crippen LogP contribution < -0.4 is 4.90 Å². The summed E-state index contributed by atoms with van der Waals surface area (Å²) in [5.41, 5.74) is 1.25. The van der Waals surface area contributed by atoms with Gasteiger partial charge in [0.05, 0.1) is 17.8 Å². The molecular weight excluding hydrogens is 270 g/mol. The number of fused-ring (bicyclic) bond motifs is 1. The molecule has 6 nitrogen and oxygen atoms in total. The van der Waals surface area contributed by atoms with Gasteiger partial charge < -0.3 is 14.7 Å². The van der Waals surface area contributed by atoms with Gasteiger partial charge in [-0.15, -0.1) is 10.2 Å². The minimum absolute atomic E-state index is 0.0292. The number of carbonyl (C=O) groups is 1. The third-order valence-corrected chi connectivity index (χ3v) is 3.29. The summed E-state index contributed by atoms with van der Waals surface area (Å²) in [4.78, 5) is 13.5. The van der Waals surface area contributed by atoms with Gasteiger partial charge in [0.25, 0.3) is 0 Å². The van der Waals surface area contributed by atoms with Gasteiger partial charge in [-0.25, -0.2) is 4.79 Å². The summed E-state index contributed by atoms with van der Waals surface area (Å²) in [7, 11) is 1.62. The Labute approximate surface area is 123 Å². The number of ether oxygens (including phenoxy) is 1. The molecule has 1 aromatic carbocycles. The molecule has 0 unspecified atom stereocenters. The highest BCUT2D eigenvalue weighted by Gasteiger charge is 2.23. The predicted octanol–water partition coefficient (Wildman–Crippen LogP) is 2.19. The van der Waals surface area contributed by atoms with E-state index in [0.717, 1.165) is 5.39 Å². The van der Waals surface area contributed by atoms with E-state index in [1.165, 1.54) is 0 Å². The molecule has 0 bridgehead atoms. The fraction of sp³-hybridized carbons (Fsp3) is 0.400. The lowest BCUT2D eigenvalue weighted by Gasteiger charge is -2.30. The number of carboxylic acid groups (broad SMARTS) is 1. The fourth-order valence-electron chi connectivity index (χ4n) is 2.29. The average molecular weight is 289 g/mol. The van der Waals surface area contributed by atoms with Gasteiger partial charge in [-0.3, -0.25) is 0 Å². The minimum Gasteiger partial charge on any atom is -0.476 e. The minimum atomic E-state index is -1.08. The molecular formula is C15H19N3O3. The second-order valence-corrected chi connectivity index (χ2v) is 5.00. The van der Waals surface area contributed by atoms with Crippen LogP contribution >= 0.6 is 0 Å². The number of hydrogen-bond donors (Lipinski definition) is 1. The first-order valence-corrected chi connectivity index (χ1v) is 6.80. The zero-order chi connectivity index (χ0) is 15.4. The quantitative estimate of drug-likeness (QED) is 0.878. The van der Waals surface area contributed by atoms with Gasteiger partial charge >= 0.3 is 5.97 Å². The molecule has 0 aliphatic heterocycles. The number of aromatic carboxylic acids is 1. The Balaban J connectivity index is 2.66. The summed E-state index contributed by atoms with van der Waals surface area (Å²) in [5.74, 6) is -1.08. The molecule has 112 valence electrons. The lowest BCUT2D eigenvalue weighted by Crippen LogP contribution is -2.35. The van der Waals surface area contributed by atoms with Crippen molar-refractivity contribution in [2.75, 3.05) is 25.2 Å². The maximum atomic E-state index is 11.5. The highest BCUT2D eigenvalue weighted by atomic mass is 16.5. The maximum Gasteiger partial charge on any atom is 0.358 e. The van der Waals surface area contributed by atoms with Crippen molar-refractivity contribution < 1.29 is 14.6 Å². The Bertz CT molecular complexity index is 643. The molecule has 1 N–H and O–H groups in total. The largest absolute Gasteiger partial charge is 0.476 e. The molecule has 0 fully saturated rings. The van der Waals surface area contributed by atoms with Gasteiger partial charge in [0, 0.05) is 25.1 Å². The summed E-state index contributed by atoms with van der Waals surface area (Å²) in [6, 6.07) is 7.54. The van der Waals surface area contributed by atoms with Gasteiger partial charge in [0.1, 0.15) is 0 Å². The molecule has 2 rings (SSSR count). The van der Waals surface area contributed by atoms with Crippen LogP contribution in [-0.4, -0.2) is 47.6 Å². The van der Waals surface area contributed by atoms with Crippen LogP contribution in [0.1, 0.15) is 24.3 Å². The number of aromatic nitrogens is 2. The molecule has 0 aliphatic carbocycles. The van der Waals surface area contributed by atoms with E-state index in [9.17, 15) is 9.90 Å². The lowest BCUT2D eigenvalue weighted by molar-refractivity contribution is 0.0690. The molecule has 0 saturated heterocycles. The first kappa shape index (κ1) is 15.2. The molecule has 1 heterocycles. The third kappa shape index (κ3) is 3.11. The molecule has 0 aliphatic rings. The van der Waals surface area contributed by atoms with Crippen LogP contribution in [0.4, 0.5) is 5.69 Å². The number of hydrogen-bond acceptors (Lipinski definition) is 5. The second-order valence-electron chi connectivity index (χ2n) is 5.00. The molecule has 0 atom stereocenters. The molecule has 6 heteroatoms. The standard InChI is InChI=1S/C15H19N3O3/c1-10(2)18(8-9-21-3)14-11-6-4-5-7-12(11)16-17-13(14)15(19)20/h4-7,10H,8-9H2,1-3H3,(H,19,20). The van der Waals surface area contributed by atoms with Crippen LogP contribution in [0, 0.1) is 0 Å². The molecule has 1 aromatic heterocycles. The predicted molar refractivity (Wildman–Crippen MR) is 80.9 cm³/mol. The Morgan fingerprint density at radius 2 is 2.05 bits per heavy atom. The van der Waals surface area contributed by atoms with Crippen LogP contribution in [0.3, 0.4) is 0 Å². The van der Waals surface area contributed by atoms with E-state index in [0.29, 0.717) is 24.4 Å². The summed E-state index contributed by atoms with van der Waals surface area (Å²) < 4.78 is 5.13. The van der Waals surface area contributed by atoms with Crippen molar-refractivity contribution in [3.8, 4) is 0 Å². The van der Waals surface area contributed by atoms with Gasteiger partial charge in [-0.1, -0.05) is 18.2 Å². The van der Waals surface area contributed by atoms with E-state index < -0.39 is 5.97 Å². The van der Waals surface area contributed by atoms with Gasteiger partial charge in [-0.05, 0) is 19.9 Å². The van der Waals surface area contributed by atoms with Gasteiger partial charge in [0.2, 0.25) is 0 Å². The van der Waals surface area contributed by atoms with Crippen molar-refractivity contribution in [2.45, 2.75) is 19.9 Å². The number of nitrogens with zero attached hydrogens (tertiary/aromatic N) is 3. The topological polar surface area (TPSA) is 75.5 Å². The summed E-state index contributed by atoms with van der Waals surface area (Å²) >= 11 is 0. The number of benzene rings is 1. The van der Waals surface area contributed by atoms with Crippen LogP contribution in [0.5, 0.6) is 0 Å². The van der Waals surface area contributed by atoms with E-state index in [1.54, 1.807) is 7.11 Å². The SMILES string of the molecule is COCCN(c1c(C(=O)O)nnc2ccccc12)C(C)C. The van der Waals surface area contributed by atoms with Crippen LogP contribution in [0.15, 0.2) is 24.3 Å². The average Bonchev–Trinajstić information content (AvgIpc) is 2.47. The van der Waals surface area contributed by atoms with E-state index in [-0.39, 0.29) is 11.7 Å². The summed E-state index contributed by atoms with van der Waals surface area (Å²) in [6.45, 7) is 5.12. The van der Waals surface area contributed by atoms with E-state index in [2.05, 4.69) is 10.2 Å². The summed E-state index contributed by atoms with van der Waals surface area (Å²) in [6.07, 6.45) is 0. The highest BCUT2D eigenvalue weighted by molar-refractivity contribution is 6.02. The highest BCUT2D eigenvalue weighted by Crippen LogP contribution is 2.29. The Morgan fingerprint density at radius 1 is 1.33 bits per heavy atom. The van der Waals surface area contributed by atoms with Crippen molar-refractivity contribution in [2.24, 2.45) is 0 Å². The lowest BCUT2D eigenvalue weighted by atomic mass is 10.1. The first-order valence-electron chi connectivity index (χ1n) is 6.80. The van der Waals surface area contributed by atoms with Crippen LogP contribution in [0.25, 0.3) is 10.9 Å². The zero-order valence-corrected chi connectivity index (χ0v) is 12.4. The molecule has 0 radical (unpaired) electrons. The first-order chi connectivity index (χ1) is 10.1. The number of anilines is 1.